The third-order valence-electron chi connectivity index (χ3n) is 2.14. The van der Waals surface area contributed by atoms with Crippen LogP contribution in [0.15, 0.2) is 30.5 Å². The minimum Gasteiger partial charge on any atom is -0.255 e. The van der Waals surface area contributed by atoms with Crippen LogP contribution in [0.4, 0.5) is 0 Å². The van der Waals surface area contributed by atoms with Gasteiger partial charge in [-0.25, -0.2) is 0 Å². The summed E-state index contributed by atoms with van der Waals surface area (Å²) < 4.78 is 0. The molecule has 0 aliphatic heterocycles. The Morgan fingerprint density at radius 1 is 1.36 bits per heavy atom. The van der Waals surface area contributed by atoms with Crippen molar-refractivity contribution in [3.05, 3.63) is 41.6 Å². The van der Waals surface area contributed by atoms with E-state index >= 15 is 0 Å². The maximum Gasteiger partial charge on any atom is 0.101 e. The number of hydrogen-bond donors (Lipinski definition) is 0. The lowest BCUT2D eigenvalue weighted by atomic mass is 10.1. The van der Waals surface area contributed by atoms with Gasteiger partial charge in [0.2, 0.25) is 0 Å². The van der Waals surface area contributed by atoms with Crippen LogP contribution in [0.25, 0.3) is 10.9 Å². The Morgan fingerprint density at radius 2 is 2.14 bits per heavy atom. The number of alkyl halides is 1. The minimum absolute atomic E-state index is 0.339. The van der Waals surface area contributed by atoms with Crippen LogP contribution < -0.4 is 0 Å². The van der Waals surface area contributed by atoms with Crippen molar-refractivity contribution in [1.29, 1.82) is 5.26 Å². The van der Waals surface area contributed by atoms with Crippen molar-refractivity contribution in [2.24, 2.45) is 0 Å². The maximum atomic E-state index is 8.86. The molecule has 0 aliphatic carbocycles. The summed E-state index contributed by atoms with van der Waals surface area (Å²) in [4.78, 5) is 4.18. The van der Waals surface area contributed by atoms with Crippen LogP contribution in [0.5, 0.6) is 0 Å². The molecule has 1 heterocycles. The first-order valence-corrected chi connectivity index (χ1v) is 4.73. The first kappa shape index (κ1) is 8.98. The highest BCUT2D eigenvalue weighted by Gasteiger charge is 2.06. The number of pyridine rings is 1. The summed E-state index contributed by atoms with van der Waals surface area (Å²) in [6, 6.07) is 9.77. The van der Waals surface area contributed by atoms with Crippen molar-refractivity contribution in [2.45, 2.75) is 5.88 Å². The van der Waals surface area contributed by atoms with Gasteiger partial charge in [0.05, 0.1) is 11.1 Å². The molecule has 0 fully saturated rings. The summed E-state index contributed by atoms with van der Waals surface area (Å²) >= 11 is 5.81. The van der Waals surface area contributed by atoms with Crippen LogP contribution in [-0.2, 0) is 5.88 Å². The molecule has 0 amide bonds. The zero-order chi connectivity index (χ0) is 9.97. The fraction of sp³-hybridized carbons (Fsp3) is 0.0909. The SMILES string of the molecule is N#Cc1cnc2ccccc2c1CCl. The number of nitrogens with zero attached hydrogens (tertiary/aromatic N) is 2. The summed E-state index contributed by atoms with van der Waals surface area (Å²) in [5.41, 5.74) is 2.29. The fourth-order valence-corrected chi connectivity index (χ4v) is 1.73. The molecule has 14 heavy (non-hydrogen) atoms. The van der Waals surface area contributed by atoms with E-state index in [1.54, 1.807) is 6.20 Å². The molecule has 1 aromatic heterocycles. The van der Waals surface area contributed by atoms with E-state index in [0.717, 1.165) is 16.5 Å². The van der Waals surface area contributed by atoms with Crippen LogP contribution in [-0.4, -0.2) is 4.98 Å². The molecule has 0 saturated carbocycles. The van der Waals surface area contributed by atoms with Crippen LogP contribution in [0.1, 0.15) is 11.1 Å². The Bertz CT molecular complexity index is 514. The molecule has 0 radical (unpaired) electrons. The molecule has 2 rings (SSSR count). The Kier molecular flexibility index (Phi) is 2.34. The van der Waals surface area contributed by atoms with E-state index in [-0.39, 0.29) is 0 Å². The highest BCUT2D eigenvalue weighted by atomic mass is 35.5. The monoisotopic (exact) mass is 202 g/mol. The van der Waals surface area contributed by atoms with Crippen molar-refractivity contribution in [1.82, 2.24) is 4.98 Å². The van der Waals surface area contributed by atoms with Gasteiger partial charge in [0, 0.05) is 17.5 Å². The number of aromatic nitrogens is 1. The average molecular weight is 203 g/mol. The van der Waals surface area contributed by atoms with Gasteiger partial charge in [0.1, 0.15) is 6.07 Å². The summed E-state index contributed by atoms with van der Waals surface area (Å²) in [5.74, 6) is 0.339. The third-order valence-corrected chi connectivity index (χ3v) is 2.41. The van der Waals surface area contributed by atoms with E-state index in [0.29, 0.717) is 11.4 Å². The highest BCUT2D eigenvalue weighted by molar-refractivity contribution is 6.18. The summed E-state index contributed by atoms with van der Waals surface area (Å²) in [7, 11) is 0. The predicted octanol–water partition coefficient (Wildman–Crippen LogP) is 2.85. The fourth-order valence-electron chi connectivity index (χ4n) is 1.44. The standard InChI is InChI=1S/C11H7ClN2/c12-5-10-8(6-13)7-14-11-4-2-1-3-9(10)11/h1-4,7H,5H2. The smallest absolute Gasteiger partial charge is 0.101 e. The molecule has 2 aromatic rings. The number of rotatable bonds is 1. The molecule has 1 aromatic carbocycles. The third kappa shape index (κ3) is 1.32. The second-order valence-electron chi connectivity index (χ2n) is 2.91. The molecule has 0 spiro atoms. The Morgan fingerprint density at radius 3 is 2.86 bits per heavy atom. The molecular formula is C11H7ClN2. The molecule has 2 nitrogen and oxygen atoms in total. The van der Waals surface area contributed by atoms with Gasteiger partial charge in [-0.15, -0.1) is 11.6 Å². The molecular weight excluding hydrogens is 196 g/mol. The lowest BCUT2D eigenvalue weighted by Crippen LogP contribution is -1.90. The van der Waals surface area contributed by atoms with Crippen molar-refractivity contribution < 1.29 is 0 Å². The van der Waals surface area contributed by atoms with Gasteiger partial charge in [0.25, 0.3) is 0 Å². The zero-order valence-electron chi connectivity index (χ0n) is 7.37. The van der Waals surface area contributed by atoms with E-state index in [2.05, 4.69) is 11.1 Å². The molecule has 0 N–H and O–H groups in total. The topological polar surface area (TPSA) is 36.7 Å². The number of halogens is 1. The predicted molar refractivity (Wildman–Crippen MR) is 56.0 cm³/mol. The van der Waals surface area contributed by atoms with Crippen molar-refractivity contribution in [3.8, 4) is 6.07 Å². The van der Waals surface area contributed by atoms with Crippen LogP contribution in [0.3, 0.4) is 0 Å². The van der Waals surface area contributed by atoms with Gasteiger partial charge in [-0.05, 0) is 11.6 Å². The molecule has 3 heteroatoms. The van der Waals surface area contributed by atoms with Crippen LogP contribution in [0, 0.1) is 11.3 Å². The maximum absolute atomic E-state index is 8.86. The second kappa shape index (κ2) is 3.65. The van der Waals surface area contributed by atoms with Gasteiger partial charge in [-0.2, -0.15) is 5.26 Å². The Labute approximate surface area is 86.8 Å². The molecule has 0 aliphatic rings. The quantitative estimate of drug-likeness (QED) is 0.667. The Balaban J connectivity index is 2.85. The minimum atomic E-state index is 0.339. The lowest BCUT2D eigenvalue weighted by Gasteiger charge is -2.03. The van der Waals surface area contributed by atoms with Crippen molar-refractivity contribution in [3.63, 3.8) is 0 Å². The molecule has 0 saturated heterocycles. The molecule has 0 atom stereocenters. The second-order valence-corrected chi connectivity index (χ2v) is 3.18. The largest absolute Gasteiger partial charge is 0.255 e. The van der Waals surface area contributed by atoms with Crippen molar-refractivity contribution in [2.75, 3.05) is 0 Å². The van der Waals surface area contributed by atoms with Crippen LogP contribution >= 0.6 is 11.6 Å². The molecule has 0 bridgehead atoms. The molecule has 0 unspecified atom stereocenters. The van der Waals surface area contributed by atoms with E-state index in [4.69, 9.17) is 16.9 Å². The van der Waals surface area contributed by atoms with E-state index < -0.39 is 0 Å². The number of hydrogen-bond acceptors (Lipinski definition) is 2. The lowest BCUT2D eigenvalue weighted by molar-refractivity contribution is 1.30. The van der Waals surface area contributed by atoms with Gasteiger partial charge >= 0.3 is 0 Å². The van der Waals surface area contributed by atoms with Gasteiger partial charge in [0.15, 0.2) is 0 Å². The van der Waals surface area contributed by atoms with Gasteiger partial charge in [-0.3, -0.25) is 4.98 Å². The normalized spacial score (nSPS) is 10.0. The number of para-hydroxylation sites is 1. The Hall–Kier alpha value is -1.59. The average Bonchev–Trinajstić information content (AvgIpc) is 2.27. The van der Waals surface area contributed by atoms with Gasteiger partial charge in [-0.1, -0.05) is 18.2 Å². The van der Waals surface area contributed by atoms with E-state index in [9.17, 15) is 0 Å². The van der Waals surface area contributed by atoms with E-state index in [1.807, 2.05) is 24.3 Å². The first-order chi connectivity index (χ1) is 6.86. The zero-order valence-corrected chi connectivity index (χ0v) is 8.12. The number of fused-ring (bicyclic) bond motifs is 1. The van der Waals surface area contributed by atoms with Crippen molar-refractivity contribution >= 4 is 22.5 Å². The highest BCUT2D eigenvalue weighted by Crippen LogP contribution is 2.21. The van der Waals surface area contributed by atoms with Crippen LogP contribution in [0.2, 0.25) is 0 Å². The number of benzene rings is 1. The number of nitriles is 1. The van der Waals surface area contributed by atoms with E-state index in [1.165, 1.54) is 0 Å². The summed E-state index contributed by atoms with van der Waals surface area (Å²) in [5, 5.41) is 9.82. The first-order valence-electron chi connectivity index (χ1n) is 4.19. The molecule has 68 valence electrons. The summed E-state index contributed by atoms with van der Waals surface area (Å²) in [6.07, 6.45) is 1.57. The summed E-state index contributed by atoms with van der Waals surface area (Å²) in [6.45, 7) is 0. The van der Waals surface area contributed by atoms with Gasteiger partial charge < -0.3 is 0 Å².